The molecule has 0 aliphatic carbocycles. The molecule has 0 aromatic heterocycles. The molecule has 1 rings (SSSR count). The number of halogens is 1. The van der Waals surface area contributed by atoms with Crippen molar-refractivity contribution in [1.82, 2.24) is 0 Å². The largest absolute Gasteiger partial charge is 0.394 e. The van der Waals surface area contributed by atoms with Gasteiger partial charge in [-0.2, -0.15) is 0 Å². The number of nitrogens with two attached hydrogens (primary N) is 1. The van der Waals surface area contributed by atoms with Crippen molar-refractivity contribution in [3.8, 4) is 0 Å². The van der Waals surface area contributed by atoms with Crippen molar-refractivity contribution < 1.29 is 5.11 Å². The minimum absolute atomic E-state index is 0.0815. The van der Waals surface area contributed by atoms with Gasteiger partial charge in [0.25, 0.3) is 0 Å². The summed E-state index contributed by atoms with van der Waals surface area (Å²) in [7, 11) is 1.94. The van der Waals surface area contributed by atoms with Crippen LogP contribution in [0.1, 0.15) is 19.4 Å². The van der Waals surface area contributed by atoms with Crippen LogP contribution < -0.4 is 10.6 Å². The third-order valence-electron chi connectivity index (χ3n) is 2.90. The van der Waals surface area contributed by atoms with E-state index in [4.69, 9.17) is 18.0 Å². The number of hydrogen-bond donors (Lipinski definition) is 2. The van der Waals surface area contributed by atoms with Crippen LogP contribution in [-0.2, 0) is 0 Å². The van der Waals surface area contributed by atoms with E-state index in [1.54, 1.807) is 0 Å². The van der Waals surface area contributed by atoms with Gasteiger partial charge in [-0.3, -0.25) is 0 Å². The van der Waals surface area contributed by atoms with Crippen molar-refractivity contribution in [2.24, 2.45) is 5.73 Å². The maximum Gasteiger partial charge on any atom is 0.105 e. The number of rotatable bonds is 4. The molecule has 0 aliphatic rings. The molecule has 5 heteroatoms. The predicted octanol–water partition coefficient (Wildman–Crippen LogP) is 2.29. The highest BCUT2D eigenvalue weighted by molar-refractivity contribution is 9.10. The molecular formula is C12H17BrN2OS. The second-order valence-corrected chi connectivity index (χ2v) is 5.85. The number of aliphatic hydroxyl groups excluding tert-OH is 1. The fourth-order valence-corrected chi connectivity index (χ4v) is 2.26. The summed E-state index contributed by atoms with van der Waals surface area (Å²) in [4.78, 5) is 2.38. The van der Waals surface area contributed by atoms with Crippen LogP contribution in [0.3, 0.4) is 0 Å². The van der Waals surface area contributed by atoms with Gasteiger partial charge in [0, 0.05) is 22.8 Å². The van der Waals surface area contributed by atoms with E-state index in [2.05, 4.69) is 15.9 Å². The number of nitrogens with zero attached hydrogens (tertiary/aromatic N) is 1. The summed E-state index contributed by atoms with van der Waals surface area (Å²) in [5.41, 5.74) is 7.10. The molecule has 0 fully saturated rings. The molecule has 0 atom stereocenters. The second kappa shape index (κ2) is 5.33. The smallest absolute Gasteiger partial charge is 0.105 e. The van der Waals surface area contributed by atoms with E-state index in [-0.39, 0.29) is 12.1 Å². The van der Waals surface area contributed by atoms with Crippen molar-refractivity contribution in [2.45, 2.75) is 19.4 Å². The van der Waals surface area contributed by atoms with E-state index in [0.29, 0.717) is 4.99 Å². The summed E-state index contributed by atoms with van der Waals surface area (Å²) in [5, 5.41) is 9.34. The molecule has 0 unspecified atom stereocenters. The Morgan fingerprint density at radius 1 is 1.53 bits per heavy atom. The molecule has 94 valence electrons. The Morgan fingerprint density at radius 2 is 2.12 bits per heavy atom. The lowest BCUT2D eigenvalue weighted by atomic mass is 10.0. The molecule has 17 heavy (non-hydrogen) atoms. The quantitative estimate of drug-likeness (QED) is 0.837. The molecule has 1 aromatic rings. The van der Waals surface area contributed by atoms with Gasteiger partial charge in [0.05, 0.1) is 12.1 Å². The first-order valence-electron chi connectivity index (χ1n) is 5.23. The molecule has 1 aromatic carbocycles. The van der Waals surface area contributed by atoms with Crippen molar-refractivity contribution in [1.29, 1.82) is 0 Å². The molecule has 0 saturated heterocycles. The predicted molar refractivity (Wildman–Crippen MR) is 79.6 cm³/mol. The first kappa shape index (κ1) is 14.4. The van der Waals surface area contributed by atoms with Crippen LogP contribution in [0.2, 0.25) is 0 Å². The van der Waals surface area contributed by atoms with Crippen molar-refractivity contribution in [3.63, 3.8) is 0 Å². The van der Waals surface area contributed by atoms with E-state index in [1.807, 2.05) is 44.0 Å². The van der Waals surface area contributed by atoms with Crippen LogP contribution >= 0.6 is 28.1 Å². The van der Waals surface area contributed by atoms with Crippen LogP contribution in [0.5, 0.6) is 0 Å². The highest BCUT2D eigenvalue weighted by Crippen LogP contribution is 2.27. The highest BCUT2D eigenvalue weighted by atomic mass is 79.9. The normalized spacial score (nSPS) is 11.4. The Bertz CT molecular complexity index is 435. The highest BCUT2D eigenvalue weighted by Gasteiger charge is 2.23. The van der Waals surface area contributed by atoms with E-state index >= 15 is 0 Å². The summed E-state index contributed by atoms with van der Waals surface area (Å²) in [6.45, 7) is 4.03. The van der Waals surface area contributed by atoms with Crippen LogP contribution in [0, 0.1) is 0 Å². The van der Waals surface area contributed by atoms with Gasteiger partial charge in [-0.25, -0.2) is 0 Å². The van der Waals surface area contributed by atoms with Gasteiger partial charge < -0.3 is 15.7 Å². The Kier molecular flexibility index (Phi) is 4.52. The summed E-state index contributed by atoms with van der Waals surface area (Å²) in [6.07, 6.45) is 0. The van der Waals surface area contributed by atoms with Crippen LogP contribution in [-0.4, -0.2) is 29.3 Å². The first-order chi connectivity index (χ1) is 7.79. The SMILES string of the molecule is CN(c1ccc(C(N)=S)c(Br)c1)C(C)(C)CO. The van der Waals surface area contributed by atoms with Gasteiger partial charge in [-0.1, -0.05) is 12.2 Å². The molecule has 0 aliphatic heterocycles. The zero-order valence-electron chi connectivity index (χ0n) is 10.2. The lowest BCUT2D eigenvalue weighted by Gasteiger charge is -2.36. The van der Waals surface area contributed by atoms with Gasteiger partial charge in [0.1, 0.15) is 4.99 Å². The fraction of sp³-hybridized carbons (Fsp3) is 0.417. The molecule has 0 bridgehead atoms. The van der Waals surface area contributed by atoms with E-state index in [9.17, 15) is 5.11 Å². The summed E-state index contributed by atoms with van der Waals surface area (Å²) >= 11 is 8.40. The fourth-order valence-electron chi connectivity index (χ4n) is 1.37. The number of benzene rings is 1. The van der Waals surface area contributed by atoms with E-state index in [0.717, 1.165) is 15.7 Å². The van der Waals surface area contributed by atoms with Gasteiger partial charge >= 0.3 is 0 Å². The minimum atomic E-state index is -0.315. The van der Waals surface area contributed by atoms with Crippen molar-refractivity contribution in [3.05, 3.63) is 28.2 Å². The summed E-state index contributed by atoms with van der Waals surface area (Å²) in [6, 6.07) is 5.77. The standard InChI is InChI=1S/C12H17BrN2OS/c1-12(2,7-16)15(3)8-4-5-9(11(14)17)10(13)6-8/h4-6,16H,7H2,1-3H3,(H2,14,17). The number of aliphatic hydroxyl groups is 1. The number of anilines is 1. The molecule has 0 heterocycles. The zero-order chi connectivity index (χ0) is 13.2. The number of hydrogen-bond acceptors (Lipinski definition) is 3. The zero-order valence-corrected chi connectivity index (χ0v) is 12.6. The van der Waals surface area contributed by atoms with Crippen molar-refractivity contribution in [2.75, 3.05) is 18.6 Å². The molecular weight excluding hydrogens is 300 g/mol. The third kappa shape index (κ3) is 3.18. The summed E-state index contributed by atoms with van der Waals surface area (Å²) < 4.78 is 0.864. The number of thiocarbonyl (C=S) groups is 1. The molecule has 0 amide bonds. The monoisotopic (exact) mass is 316 g/mol. The average molecular weight is 317 g/mol. The van der Waals surface area contributed by atoms with Gasteiger partial charge in [-0.15, -0.1) is 0 Å². The Hall–Kier alpha value is -0.650. The molecule has 0 spiro atoms. The third-order valence-corrected chi connectivity index (χ3v) is 3.78. The maximum atomic E-state index is 9.34. The van der Waals surface area contributed by atoms with Crippen molar-refractivity contribution >= 4 is 38.8 Å². The van der Waals surface area contributed by atoms with Gasteiger partial charge in [-0.05, 0) is 48.0 Å². The Balaban J connectivity index is 3.10. The van der Waals surface area contributed by atoms with Crippen LogP contribution in [0.15, 0.2) is 22.7 Å². The molecule has 3 N–H and O–H groups in total. The second-order valence-electron chi connectivity index (χ2n) is 4.56. The van der Waals surface area contributed by atoms with Gasteiger partial charge in [0.15, 0.2) is 0 Å². The Morgan fingerprint density at radius 3 is 2.53 bits per heavy atom. The average Bonchev–Trinajstić information content (AvgIpc) is 2.27. The lowest BCUT2D eigenvalue weighted by Crippen LogP contribution is -2.44. The first-order valence-corrected chi connectivity index (χ1v) is 6.44. The molecule has 3 nitrogen and oxygen atoms in total. The maximum absolute atomic E-state index is 9.34. The summed E-state index contributed by atoms with van der Waals surface area (Å²) in [5.74, 6) is 0. The minimum Gasteiger partial charge on any atom is -0.394 e. The molecule has 0 radical (unpaired) electrons. The Labute approximate surface area is 116 Å². The molecule has 0 saturated carbocycles. The lowest BCUT2D eigenvalue weighted by molar-refractivity contribution is 0.216. The van der Waals surface area contributed by atoms with Crippen LogP contribution in [0.4, 0.5) is 5.69 Å². The van der Waals surface area contributed by atoms with E-state index in [1.165, 1.54) is 0 Å². The topological polar surface area (TPSA) is 49.5 Å². The number of likely N-dealkylation sites (N-methyl/N-ethyl adjacent to an activating group) is 1. The van der Waals surface area contributed by atoms with Crippen LogP contribution in [0.25, 0.3) is 0 Å². The van der Waals surface area contributed by atoms with Gasteiger partial charge in [0.2, 0.25) is 0 Å². The van der Waals surface area contributed by atoms with E-state index < -0.39 is 0 Å².